The molecule has 0 aromatic heterocycles. The summed E-state index contributed by atoms with van der Waals surface area (Å²) in [6.45, 7) is 6.40. The van der Waals surface area contributed by atoms with Gasteiger partial charge in [0.25, 0.3) is 0 Å². The molecule has 0 heterocycles. The highest BCUT2D eigenvalue weighted by Gasteiger charge is 2.29. The summed E-state index contributed by atoms with van der Waals surface area (Å²) >= 11 is 0. The maximum absolute atomic E-state index is 11.1. The molecule has 0 aromatic carbocycles. The van der Waals surface area contributed by atoms with E-state index in [2.05, 4.69) is 0 Å². The summed E-state index contributed by atoms with van der Waals surface area (Å²) in [6, 6.07) is 0.706. The van der Waals surface area contributed by atoms with Crippen LogP contribution in [0.3, 0.4) is 0 Å². The van der Waals surface area contributed by atoms with Crippen molar-refractivity contribution in [3.8, 4) is 0 Å². The number of carboxylic acid groups (broad SMARTS) is 2. The maximum atomic E-state index is 11.1. The second kappa shape index (κ2) is 9.94. The van der Waals surface area contributed by atoms with E-state index in [-0.39, 0.29) is 0 Å². The SMILES string of the molecule is CCO[SiH](CCCC(C(=O)O)C(C)C(=O)O)OCC. The number of rotatable bonds is 11. The minimum atomic E-state index is -1.72. The van der Waals surface area contributed by atoms with Crippen LogP contribution in [0.4, 0.5) is 0 Å². The quantitative estimate of drug-likeness (QED) is 0.560. The third-order valence-electron chi connectivity index (χ3n) is 2.97. The Morgan fingerprint density at radius 3 is 2.00 bits per heavy atom. The Hall–Kier alpha value is -0.923. The first-order chi connectivity index (χ1) is 8.93. The van der Waals surface area contributed by atoms with Crippen molar-refractivity contribution in [1.82, 2.24) is 0 Å². The average Bonchev–Trinajstić information content (AvgIpc) is 2.33. The highest BCUT2D eigenvalue weighted by molar-refractivity contribution is 6.44. The summed E-state index contributed by atoms with van der Waals surface area (Å²) in [6.07, 6.45) is 0.956. The van der Waals surface area contributed by atoms with Crippen LogP contribution in [0.25, 0.3) is 0 Å². The third kappa shape index (κ3) is 7.29. The second-order valence-electron chi connectivity index (χ2n) is 4.34. The Morgan fingerprint density at radius 2 is 1.63 bits per heavy atom. The zero-order chi connectivity index (χ0) is 14.8. The van der Waals surface area contributed by atoms with Crippen molar-refractivity contribution in [1.29, 1.82) is 0 Å². The molecule has 2 atom stereocenters. The van der Waals surface area contributed by atoms with Crippen LogP contribution in [0.5, 0.6) is 0 Å². The van der Waals surface area contributed by atoms with Gasteiger partial charge in [-0.15, -0.1) is 0 Å². The van der Waals surface area contributed by atoms with Crippen LogP contribution in [0.1, 0.15) is 33.6 Å². The molecule has 0 spiro atoms. The fourth-order valence-corrected chi connectivity index (χ4v) is 3.59. The van der Waals surface area contributed by atoms with Gasteiger partial charge in [0.15, 0.2) is 0 Å². The van der Waals surface area contributed by atoms with Crippen molar-refractivity contribution in [3.63, 3.8) is 0 Å². The number of carboxylic acids is 2. The van der Waals surface area contributed by atoms with Gasteiger partial charge in [0.05, 0.1) is 11.8 Å². The Balaban J connectivity index is 4.24. The van der Waals surface area contributed by atoms with Gasteiger partial charge in [0, 0.05) is 13.2 Å². The topological polar surface area (TPSA) is 93.1 Å². The molecule has 112 valence electrons. The van der Waals surface area contributed by atoms with E-state index in [0.717, 1.165) is 0 Å². The van der Waals surface area contributed by atoms with E-state index < -0.39 is 33.1 Å². The molecule has 0 aromatic rings. The third-order valence-corrected chi connectivity index (χ3v) is 5.26. The van der Waals surface area contributed by atoms with Gasteiger partial charge in [0.2, 0.25) is 0 Å². The molecule has 7 heteroatoms. The molecule has 0 fully saturated rings. The maximum Gasteiger partial charge on any atom is 0.321 e. The standard InChI is InChI=1S/C12H24O6Si/c1-4-17-19(18-5-2)8-6-7-10(12(15)16)9(3)11(13)14/h9-10,19H,4-8H2,1-3H3,(H,13,14)(H,15,16). The molecule has 0 saturated carbocycles. The molecule has 0 aliphatic rings. The smallest absolute Gasteiger partial charge is 0.321 e. The zero-order valence-electron chi connectivity index (χ0n) is 11.8. The summed E-state index contributed by atoms with van der Waals surface area (Å²) < 4.78 is 11.0. The van der Waals surface area contributed by atoms with Crippen LogP contribution >= 0.6 is 0 Å². The molecule has 2 N–H and O–H groups in total. The number of aliphatic carboxylic acids is 2. The Morgan fingerprint density at radius 1 is 1.11 bits per heavy atom. The fraction of sp³-hybridized carbons (Fsp3) is 0.833. The molecule has 0 amide bonds. The van der Waals surface area contributed by atoms with E-state index >= 15 is 0 Å². The first-order valence-electron chi connectivity index (χ1n) is 6.62. The minimum absolute atomic E-state index is 0.340. The van der Waals surface area contributed by atoms with E-state index in [9.17, 15) is 9.59 Å². The van der Waals surface area contributed by atoms with Gasteiger partial charge in [-0.25, -0.2) is 0 Å². The van der Waals surface area contributed by atoms with Gasteiger partial charge < -0.3 is 19.1 Å². The van der Waals surface area contributed by atoms with Gasteiger partial charge in [-0.05, 0) is 26.3 Å². The van der Waals surface area contributed by atoms with Gasteiger partial charge in [-0.3, -0.25) is 9.59 Å². The lowest BCUT2D eigenvalue weighted by Crippen LogP contribution is -2.28. The molecule has 19 heavy (non-hydrogen) atoms. The first-order valence-corrected chi connectivity index (χ1v) is 8.38. The van der Waals surface area contributed by atoms with Crippen molar-refractivity contribution < 1.29 is 28.7 Å². The first kappa shape index (κ1) is 18.1. The van der Waals surface area contributed by atoms with Crippen LogP contribution in [0, 0.1) is 11.8 Å². The van der Waals surface area contributed by atoms with Crippen LogP contribution in [-0.4, -0.2) is 44.6 Å². The summed E-state index contributed by atoms with van der Waals surface area (Å²) in [5, 5.41) is 17.9. The normalized spacial score (nSPS) is 14.3. The number of hydrogen-bond acceptors (Lipinski definition) is 4. The van der Waals surface area contributed by atoms with Crippen LogP contribution in [0.2, 0.25) is 6.04 Å². The molecule has 0 rings (SSSR count). The fourth-order valence-electron chi connectivity index (χ4n) is 1.85. The molecular weight excluding hydrogens is 268 g/mol. The van der Waals surface area contributed by atoms with Crippen molar-refractivity contribution in [3.05, 3.63) is 0 Å². The lowest BCUT2D eigenvalue weighted by Gasteiger charge is -2.18. The van der Waals surface area contributed by atoms with Gasteiger partial charge >= 0.3 is 21.2 Å². The zero-order valence-corrected chi connectivity index (χ0v) is 12.9. The summed E-state index contributed by atoms with van der Waals surface area (Å²) in [5.41, 5.74) is 0. The highest BCUT2D eigenvalue weighted by Crippen LogP contribution is 2.20. The summed E-state index contributed by atoms with van der Waals surface area (Å²) in [4.78, 5) is 21.9. The molecule has 0 aliphatic heterocycles. The summed E-state index contributed by atoms with van der Waals surface area (Å²) in [7, 11) is -1.72. The second-order valence-corrected chi connectivity index (χ2v) is 6.45. The van der Waals surface area contributed by atoms with Crippen molar-refractivity contribution in [2.75, 3.05) is 13.2 Å². The van der Waals surface area contributed by atoms with Crippen LogP contribution < -0.4 is 0 Å². The number of carbonyl (C=O) groups is 2. The van der Waals surface area contributed by atoms with Gasteiger partial charge in [0.1, 0.15) is 0 Å². The average molecular weight is 292 g/mol. The molecule has 6 nitrogen and oxygen atoms in total. The molecular formula is C12H24O6Si. The molecule has 0 saturated heterocycles. The van der Waals surface area contributed by atoms with Crippen molar-refractivity contribution >= 4 is 21.2 Å². The predicted molar refractivity (Wildman–Crippen MR) is 72.4 cm³/mol. The largest absolute Gasteiger partial charge is 0.481 e. The van der Waals surface area contributed by atoms with E-state index in [4.69, 9.17) is 19.1 Å². The van der Waals surface area contributed by atoms with E-state index in [1.54, 1.807) is 0 Å². The van der Waals surface area contributed by atoms with Gasteiger partial charge in [-0.1, -0.05) is 13.3 Å². The van der Waals surface area contributed by atoms with E-state index in [0.29, 0.717) is 32.1 Å². The Kier molecular flexibility index (Phi) is 9.45. The van der Waals surface area contributed by atoms with Crippen molar-refractivity contribution in [2.24, 2.45) is 11.8 Å². The molecule has 0 radical (unpaired) electrons. The molecule has 2 unspecified atom stereocenters. The van der Waals surface area contributed by atoms with Crippen LogP contribution in [0.15, 0.2) is 0 Å². The summed E-state index contributed by atoms with van der Waals surface area (Å²) in [5.74, 6) is -3.86. The Bertz CT molecular complexity index is 277. The van der Waals surface area contributed by atoms with Gasteiger partial charge in [-0.2, -0.15) is 0 Å². The predicted octanol–water partition coefficient (Wildman–Crippen LogP) is 1.48. The van der Waals surface area contributed by atoms with Crippen LogP contribution in [-0.2, 0) is 18.4 Å². The lowest BCUT2D eigenvalue weighted by molar-refractivity contribution is -0.153. The van der Waals surface area contributed by atoms with Crippen molar-refractivity contribution in [2.45, 2.75) is 39.7 Å². The monoisotopic (exact) mass is 292 g/mol. The molecule has 0 bridgehead atoms. The number of hydrogen-bond donors (Lipinski definition) is 2. The van der Waals surface area contributed by atoms with E-state index in [1.165, 1.54) is 6.92 Å². The minimum Gasteiger partial charge on any atom is -0.481 e. The molecule has 0 aliphatic carbocycles. The highest BCUT2D eigenvalue weighted by atomic mass is 28.3. The lowest BCUT2D eigenvalue weighted by atomic mass is 9.90. The van der Waals surface area contributed by atoms with E-state index in [1.807, 2.05) is 13.8 Å². The Labute approximate surface area is 115 Å².